The molecule has 5 rings (SSSR count). The smallest absolute Gasteiger partial charge is 0.335 e. The van der Waals surface area contributed by atoms with Crippen LogP contribution in [0.25, 0.3) is 6.08 Å². The van der Waals surface area contributed by atoms with Crippen LogP contribution in [-0.2, 0) is 11.4 Å². The van der Waals surface area contributed by atoms with Crippen molar-refractivity contribution in [1.82, 2.24) is 4.90 Å². The molecule has 1 saturated carbocycles. The third-order valence-electron chi connectivity index (χ3n) is 6.97. The van der Waals surface area contributed by atoms with Gasteiger partial charge in [0.15, 0.2) is 16.7 Å². The van der Waals surface area contributed by atoms with Crippen molar-refractivity contribution in [3.63, 3.8) is 0 Å². The molecule has 0 bridgehead atoms. The van der Waals surface area contributed by atoms with Crippen molar-refractivity contribution < 1.29 is 24.2 Å². The van der Waals surface area contributed by atoms with Crippen LogP contribution in [0.1, 0.15) is 60.5 Å². The fraction of sp³-hybridized carbons (Fsp3) is 0.281. The number of thioether (sulfide) groups is 1. The van der Waals surface area contributed by atoms with E-state index in [1.54, 1.807) is 17.0 Å². The van der Waals surface area contributed by atoms with Crippen LogP contribution in [0.4, 0.5) is 5.69 Å². The Morgan fingerprint density at radius 1 is 1.05 bits per heavy atom. The number of amides is 1. The van der Waals surface area contributed by atoms with Crippen molar-refractivity contribution in [2.75, 3.05) is 6.61 Å². The van der Waals surface area contributed by atoms with Crippen molar-refractivity contribution in [1.29, 1.82) is 0 Å². The summed E-state index contributed by atoms with van der Waals surface area (Å²) in [6, 6.07) is 19.6. The van der Waals surface area contributed by atoms with E-state index in [0.717, 1.165) is 43.2 Å². The van der Waals surface area contributed by atoms with E-state index in [-0.39, 0.29) is 17.5 Å². The van der Waals surface area contributed by atoms with E-state index in [1.165, 1.54) is 23.9 Å². The van der Waals surface area contributed by atoms with Crippen molar-refractivity contribution >= 4 is 52.2 Å². The van der Waals surface area contributed by atoms with Crippen LogP contribution in [0.5, 0.6) is 11.5 Å². The second-order valence-electron chi connectivity index (χ2n) is 9.88. The zero-order valence-electron chi connectivity index (χ0n) is 22.7. The quantitative estimate of drug-likeness (QED) is 0.254. The van der Waals surface area contributed by atoms with Gasteiger partial charge in [-0.3, -0.25) is 9.69 Å². The van der Waals surface area contributed by atoms with Crippen LogP contribution in [0.15, 0.2) is 76.6 Å². The number of carbonyl (C=O) groups excluding carboxylic acids is 1. The number of rotatable bonds is 9. The summed E-state index contributed by atoms with van der Waals surface area (Å²) in [4.78, 5) is 32.3. The fourth-order valence-corrected chi connectivity index (χ4v) is 6.12. The lowest BCUT2D eigenvalue weighted by Crippen LogP contribution is -2.40. The molecule has 2 aliphatic rings. The molecule has 1 heterocycles. The van der Waals surface area contributed by atoms with E-state index in [0.29, 0.717) is 45.5 Å². The second-order valence-corrected chi connectivity index (χ2v) is 11.3. The maximum Gasteiger partial charge on any atom is 0.335 e. The highest BCUT2D eigenvalue weighted by Crippen LogP contribution is 2.39. The molecule has 9 heteroatoms. The van der Waals surface area contributed by atoms with Gasteiger partial charge in [-0.2, -0.15) is 0 Å². The van der Waals surface area contributed by atoms with Gasteiger partial charge in [0.2, 0.25) is 0 Å². The lowest BCUT2D eigenvalue weighted by atomic mass is 9.94. The van der Waals surface area contributed by atoms with Gasteiger partial charge in [0, 0.05) is 11.1 Å². The minimum absolute atomic E-state index is 0.0682. The van der Waals surface area contributed by atoms with E-state index < -0.39 is 5.97 Å². The fourth-order valence-electron chi connectivity index (χ4n) is 4.94. The maximum atomic E-state index is 13.7. The number of halogens is 1. The normalized spacial score (nSPS) is 17.8. The number of nitrogens with zero attached hydrogens (tertiary/aromatic N) is 2. The van der Waals surface area contributed by atoms with Crippen molar-refractivity contribution in [2.45, 2.75) is 51.7 Å². The molecule has 41 heavy (non-hydrogen) atoms. The largest absolute Gasteiger partial charge is 0.490 e. The van der Waals surface area contributed by atoms with Crippen LogP contribution < -0.4 is 9.47 Å². The van der Waals surface area contributed by atoms with Gasteiger partial charge in [0.1, 0.15) is 6.61 Å². The summed E-state index contributed by atoms with van der Waals surface area (Å²) in [6.07, 6.45) is 6.98. The molecule has 0 spiro atoms. The number of aliphatic imine (C=N–C) groups is 1. The van der Waals surface area contributed by atoms with E-state index in [2.05, 4.69) is 0 Å². The van der Waals surface area contributed by atoms with Gasteiger partial charge >= 0.3 is 5.97 Å². The third-order valence-corrected chi connectivity index (χ3v) is 8.20. The molecule has 2 fully saturated rings. The summed E-state index contributed by atoms with van der Waals surface area (Å²) in [7, 11) is 0. The Kier molecular flexibility index (Phi) is 9.31. The summed E-state index contributed by atoms with van der Waals surface area (Å²) < 4.78 is 11.9. The number of aromatic carboxylic acids is 1. The highest BCUT2D eigenvalue weighted by molar-refractivity contribution is 8.18. The van der Waals surface area contributed by atoms with Gasteiger partial charge in [0.25, 0.3) is 5.91 Å². The van der Waals surface area contributed by atoms with Crippen LogP contribution in [0.2, 0.25) is 5.02 Å². The number of carboxylic acid groups (broad SMARTS) is 1. The predicted octanol–water partition coefficient (Wildman–Crippen LogP) is 7.95. The van der Waals surface area contributed by atoms with Crippen molar-refractivity contribution in [2.24, 2.45) is 4.99 Å². The Morgan fingerprint density at radius 2 is 1.83 bits per heavy atom. The first-order valence-corrected chi connectivity index (χ1v) is 14.9. The van der Waals surface area contributed by atoms with Crippen LogP contribution in [-0.4, -0.2) is 39.7 Å². The average molecular weight is 591 g/mol. The molecule has 0 aromatic heterocycles. The van der Waals surface area contributed by atoms with Gasteiger partial charge in [-0.05, 0) is 91.2 Å². The molecule has 212 valence electrons. The average Bonchev–Trinajstić information content (AvgIpc) is 3.28. The number of carboxylic acids is 1. The summed E-state index contributed by atoms with van der Waals surface area (Å²) >= 11 is 7.30. The Bertz CT molecular complexity index is 1480. The first-order chi connectivity index (χ1) is 19.9. The van der Waals surface area contributed by atoms with Gasteiger partial charge in [-0.25, -0.2) is 9.79 Å². The summed E-state index contributed by atoms with van der Waals surface area (Å²) in [5.41, 5.74) is 2.45. The Morgan fingerprint density at radius 3 is 2.56 bits per heavy atom. The number of hydrogen-bond donors (Lipinski definition) is 1. The molecular formula is C32H31ClN2O5S. The molecule has 0 atom stereocenters. The molecule has 0 radical (unpaired) electrons. The number of carbonyl (C=O) groups is 2. The van der Waals surface area contributed by atoms with Gasteiger partial charge in [-0.15, -0.1) is 0 Å². The van der Waals surface area contributed by atoms with E-state index in [4.69, 9.17) is 26.1 Å². The third kappa shape index (κ3) is 7.13. The summed E-state index contributed by atoms with van der Waals surface area (Å²) in [5, 5.41) is 10.6. The molecule has 1 N–H and O–H groups in total. The number of amidine groups is 1. The molecular weight excluding hydrogens is 560 g/mol. The SMILES string of the molecule is CCOc1cc(/C=C2\SC(=Nc3cccc(C(=O)O)c3)N(C3CCCCC3)C2=O)ccc1OCc1ccc(Cl)cc1. The standard InChI is InChI=1S/C32H31ClN2O5S/c1-2-39-28-17-22(13-16-27(28)40-20-21-11-14-24(33)15-12-21)18-29-30(36)35(26-9-4-3-5-10-26)32(41-29)34-25-8-6-7-23(19-25)31(37)38/h6-8,11-19,26H,2-5,9-10,20H2,1H3,(H,37,38)/b29-18-,34-32?. The first-order valence-electron chi connectivity index (χ1n) is 13.7. The topological polar surface area (TPSA) is 88.4 Å². The first kappa shape index (κ1) is 28.8. The zero-order chi connectivity index (χ0) is 28.8. The molecule has 1 amide bonds. The molecule has 1 aliphatic carbocycles. The maximum absolute atomic E-state index is 13.7. The Hall–Kier alpha value is -3.75. The summed E-state index contributed by atoms with van der Waals surface area (Å²) in [6.45, 7) is 2.74. The van der Waals surface area contributed by atoms with Gasteiger partial charge < -0.3 is 14.6 Å². The Labute approximate surface area is 248 Å². The number of hydrogen-bond acceptors (Lipinski definition) is 6. The predicted molar refractivity (Wildman–Crippen MR) is 163 cm³/mol. The van der Waals surface area contributed by atoms with Gasteiger partial charge in [0.05, 0.1) is 22.8 Å². The Balaban J connectivity index is 1.42. The highest BCUT2D eigenvalue weighted by Gasteiger charge is 2.38. The zero-order valence-corrected chi connectivity index (χ0v) is 24.3. The van der Waals surface area contributed by atoms with Gasteiger partial charge in [-0.1, -0.05) is 55.1 Å². The highest BCUT2D eigenvalue weighted by atomic mass is 35.5. The molecule has 3 aromatic rings. The molecule has 1 saturated heterocycles. The van der Waals surface area contributed by atoms with Crippen LogP contribution in [0, 0.1) is 0 Å². The van der Waals surface area contributed by atoms with Crippen LogP contribution in [0.3, 0.4) is 0 Å². The lowest BCUT2D eigenvalue weighted by Gasteiger charge is -2.30. The van der Waals surface area contributed by atoms with E-state index in [9.17, 15) is 14.7 Å². The molecule has 7 nitrogen and oxygen atoms in total. The van der Waals surface area contributed by atoms with Crippen molar-refractivity contribution in [3.05, 3.63) is 93.3 Å². The molecule has 0 unspecified atom stereocenters. The van der Waals surface area contributed by atoms with E-state index in [1.807, 2.05) is 55.5 Å². The number of benzene rings is 3. The second kappa shape index (κ2) is 13.3. The molecule has 3 aromatic carbocycles. The minimum atomic E-state index is -1.02. The molecule has 1 aliphatic heterocycles. The lowest BCUT2D eigenvalue weighted by molar-refractivity contribution is -0.124. The number of ether oxygens (including phenoxy) is 2. The van der Waals surface area contributed by atoms with E-state index >= 15 is 0 Å². The minimum Gasteiger partial charge on any atom is -0.490 e. The summed E-state index contributed by atoms with van der Waals surface area (Å²) in [5.74, 6) is 0.0993. The monoisotopic (exact) mass is 590 g/mol. The van der Waals surface area contributed by atoms with Crippen molar-refractivity contribution in [3.8, 4) is 11.5 Å². The van der Waals surface area contributed by atoms with Crippen LogP contribution >= 0.6 is 23.4 Å².